The quantitative estimate of drug-likeness (QED) is 0.868. The number of ether oxygens (including phenoxy) is 1. The van der Waals surface area contributed by atoms with E-state index in [1.807, 2.05) is 18.2 Å². The molecule has 0 radical (unpaired) electrons. The summed E-state index contributed by atoms with van der Waals surface area (Å²) in [7, 11) is 1.63. The van der Waals surface area contributed by atoms with Gasteiger partial charge >= 0.3 is 0 Å². The van der Waals surface area contributed by atoms with E-state index < -0.39 is 0 Å². The van der Waals surface area contributed by atoms with E-state index in [2.05, 4.69) is 22.1 Å². The standard InChI is InChI=1S/C12H14N4O/c1-3-8-4-5-11(17-2)9(6-8)10-7-14-16-12(13)15-10/h4-7H,3H2,1-2H3,(H2,13,15,16). The molecule has 2 aromatic rings. The molecule has 1 aromatic carbocycles. The molecule has 17 heavy (non-hydrogen) atoms. The van der Waals surface area contributed by atoms with Crippen LogP contribution in [0.5, 0.6) is 5.75 Å². The van der Waals surface area contributed by atoms with E-state index in [-0.39, 0.29) is 5.95 Å². The van der Waals surface area contributed by atoms with Crippen LogP contribution in [0.25, 0.3) is 11.3 Å². The lowest BCUT2D eigenvalue weighted by atomic mass is 10.1. The summed E-state index contributed by atoms with van der Waals surface area (Å²) >= 11 is 0. The van der Waals surface area contributed by atoms with E-state index in [4.69, 9.17) is 10.5 Å². The molecule has 0 bridgehead atoms. The lowest BCUT2D eigenvalue weighted by Crippen LogP contribution is -1.99. The normalized spacial score (nSPS) is 10.2. The van der Waals surface area contributed by atoms with Crippen molar-refractivity contribution in [1.29, 1.82) is 0 Å². The second-order valence-corrected chi connectivity index (χ2v) is 3.59. The van der Waals surface area contributed by atoms with E-state index in [1.165, 1.54) is 5.56 Å². The van der Waals surface area contributed by atoms with Gasteiger partial charge in [-0.2, -0.15) is 5.10 Å². The molecule has 0 saturated carbocycles. The van der Waals surface area contributed by atoms with Gasteiger partial charge < -0.3 is 10.5 Å². The van der Waals surface area contributed by atoms with Crippen LogP contribution in [0.3, 0.4) is 0 Å². The van der Waals surface area contributed by atoms with Gasteiger partial charge in [0.1, 0.15) is 5.75 Å². The molecule has 0 spiro atoms. The zero-order valence-electron chi connectivity index (χ0n) is 9.84. The number of methoxy groups -OCH3 is 1. The van der Waals surface area contributed by atoms with Crippen LogP contribution in [-0.4, -0.2) is 22.3 Å². The molecule has 0 atom stereocenters. The average molecular weight is 230 g/mol. The average Bonchev–Trinajstić information content (AvgIpc) is 2.38. The number of aromatic nitrogens is 3. The first-order valence-electron chi connectivity index (χ1n) is 5.37. The Morgan fingerprint density at radius 3 is 2.82 bits per heavy atom. The predicted molar refractivity (Wildman–Crippen MR) is 65.6 cm³/mol. The molecule has 1 heterocycles. The summed E-state index contributed by atoms with van der Waals surface area (Å²) in [6.07, 6.45) is 2.53. The number of anilines is 1. The minimum Gasteiger partial charge on any atom is -0.496 e. The first-order valence-corrected chi connectivity index (χ1v) is 5.37. The third kappa shape index (κ3) is 2.33. The first kappa shape index (κ1) is 11.3. The van der Waals surface area contributed by atoms with Crippen LogP contribution in [0.2, 0.25) is 0 Å². The van der Waals surface area contributed by atoms with Gasteiger partial charge in [0.15, 0.2) is 0 Å². The van der Waals surface area contributed by atoms with Gasteiger partial charge in [0, 0.05) is 5.56 Å². The lowest BCUT2D eigenvalue weighted by Gasteiger charge is -2.09. The number of hydrogen-bond donors (Lipinski definition) is 1. The van der Waals surface area contributed by atoms with Gasteiger partial charge in [0.2, 0.25) is 5.95 Å². The molecule has 0 unspecified atom stereocenters. The molecule has 0 aliphatic rings. The van der Waals surface area contributed by atoms with Crippen molar-refractivity contribution in [3.8, 4) is 17.0 Å². The highest BCUT2D eigenvalue weighted by Gasteiger charge is 2.09. The van der Waals surface area contributed by atoms with Crippen LogP contribution in [-0.2, 0) is 6.42 Å². The summed E-state index contributed by atoms with van der Waals surface area (Å²) in [5, 5.41) is 7.44. The van der Waals surface area contributed by atoms with Crippen molar-refractivity contribution in [2.24, 2.45) is 0 Å². The highest BCUT2D eigenvalue weighted by atomic mass is 16.5. The monoisotopic (exact) mass is 230 g/mol. The van der Waals surface area contributed by atoms with Crippen molar-refractivity contribution >= 4 is 5.95 Å². The molecule has 0 aliphatic carbocycles. The van der Waals surface area contributed by atoms with Crippen LogP contribution < -0.4 is 10.5 Å². The minimum absolute atomic E-state index is 0.159. The zero-order valence-corrected chi connectivity index (χ0v) is 9.84. The third-order valence-corrected chi connectivity index (χ3v) is 2.52. The maximum absolute atomic E-state index is 5.53. The second kappa shape index (κ2) is 4.78. The molecule has 88 valence electrons. The van der Waals surface area contributed by atoms with Crippen LogP contribution in [0.15, 0.2) is 24.4 Å². The minimum atomic E-state index is 0.159. The largest absolute Gasteiger partial charge is 0.496 e. The van der Waals surface area contributed by atoms with Crippen molar-refractivity contribution in [1.82, 2.24) is 15.2 Å². The summed E-state index contributed by atoms with van der Waals surface area (Å²) in [5.74, 6) is 0.911. The number of aryl methyl sites for hydroxylation is 1. The maximum Gasteiger partial charge on any atom is 0.240 e. The number of rotatable bonds is 3. The Bertz CT molecular complexity index is 528. The van der Waals surface area contributed by atoms with Gasteiger partial charge in [0.05, 0.1) is 19.0 Å². The number of benzene rings is 1. The second-order valence-electron chi connectivity index (χ2n) is 3.59. The van der Waals surface area contributed by atoms with Crippen LogP contribution in [0.1, 0.15) is 12.5 Å². The molecular weight excluding hydrogens is 216 g/mol. The summed E-state index contributed by atoms with van der Waals surface area (Å²) in [6.45, 7) is 2.10. The highest BCUT2D eigenvalue weighted by molar-refractivity contribution is 5.67. The van der Waals surface area contributed by atoms with Gasteiger partial charge in [-0.05, 0) is 24.1 Å². The molecule has 0 amide bonds. The van der Waals surface area contributed by atoms with Crippen LogP contribution >= 0.6 is 0 Å². The van der Waals surface area contributed by atoms with Gasteiger partial charge in [-0.3, -0.25) is 0 Å². The summed E-state index contributed by atoms with van der Waals surface area (Å²) in [4.78, 5) is 4.15. The smallest absolute Gasteiger partial charge is 0.240 e. The molecule has 2 rings (SSSR count). The van der Waals surface area contributed by atoms with E-state index in [1.54, 1.807) is 13.3 Å². The fourth-order valence-corrected chi connectivity index (χ4v) is 1.62. The molecule has 0 aliphatic heterocycles. The Balaban J connectivity index is 2.56. The molecular formula is C12H14N4O. The number of nitrogens with two attached hydrogens (primary N) is 1. The first-order chi connectivity index (χ1) is 8.24. The molecule has 0 fully saturated rings. The van der Waals surface area contributed by atoms with E-state index in [9.17, 15) is 0 Å². The fourth-order valence-electron chi connectivity index (χ4n) is 1.62. The predicted octanol–water partition coefficient (Wildman–Crippen LogP) is 1.69. The van der Waals surface area contributed by atoms with E-state index in [0.29, 0.717) is 5.69 Å². The molecule has 1 aromatic heterocycles. The van der Waals surface area contributed by atoms with Crippen molar-refractivity contribution < 1.29 is 4.74 Å². The summed E-state index contributed by atoms with van der Waals surface area (Å²) in [6, 6.07) is 5.98. The Hall–Kier alpha value is -2.17. The summed E-state index contributed by atoms with van der Waals surface area (Å²) < 4.78 is 5.31. The van der Waals surface area contributed by atoms with Gasteiger partial charge in [-0.15, -0.1) is 5.10 Å². The van der Waals surface area contributed by atoms with Crippen molar-refractivity contribution in [3.63, 3.8) is 0 Å². The third-order valence-electron chi connectivity index (χ3n) is 2.52. The Morgan fingerprint density at radius 1 is 1.35 bits per heavy atom. The zero-order chi connectivity index (χ0) is 12.3. The number of nitrogens with zero attached hydrogens (tertiary/aromatic N) is 3. The number of nitrogen functional groups attached to an aromatic ring is 1. The SMILES string of the molecule is CCc1ccc(OC)c(-c2cnnc(N)n2)c1. The van der Waals surface area contributed by atoms with Crippen LogP contribution in [0.4, 0.5) is 5.95 Å². The highest BCUT2D eigenvalue weighted by Crippen LogP contribution is 2.29. The Morgan fingerprint density at radius 2 is 2.18 bits per heavy atom. The maximum atomic E-state index is 5.53. The Labute approximate surface area is 99.7 Å². The number of hydrogen-bond acceptors (Lipinski definition) is 5. The summed E-state index contributed by atoms with van der Waals surface area (Å²) in [5.41, 5.74) is 8.29. The molecule has 5 nitrogen and oxygen atoms in total. The fraction of sp³-hybridized carbons (Fsp3) is 0.250. The topological polar surface area (TPSA) is 73.9 Å². The van der Waals surface area contributed by atoms with Crippen molar-refractivity contribution in [2.45, 2.75) is 13.3 Å². The van der Waals surface area contributed by atoms with E-state index in [0.717, 1.165) is 17.7 Å². The lowest BCUT2D eigenvalue weighted by molar-refractivity contribution is 0.416. The van der Waals surface area contributed by atoms with Gasteiger partial charge in [-0.25, -0.2) is 4.98 Å². The Kier molecular flexibility index (Phi) is 3.18. The van der Waals surface area contributed by atoms with E-state index >= 15 is 0 Å². The van der Waals surface area contributed by atoms with Gasteiger partial charge in [0.25, 0.3) is 0 Å². The van der Waals surface area contributed by atoms with Crippen molar-refractivity contribution in [2.75, 3.05) is 12.8 Å². The van der Waals surface area contributed by atoms with Gasteiger partial charge in [-0.1, -0.05) is 13.0 Å². The molecule has 0 saturated heterocycles. The van der Waals surface area contributed by atoms with Crippen molar-refractivity contribution in [3.05, 3.63) is 30.0 Å². The molecule has 2 N–H and O–H groups in total. The van der Waals surface area contributed by atoms with Crippen LogP contribution in [0, 0.1) is 0 Å². The molecule has 5 heteroatoms.